The number of benzene rings is 10. The number of carbonyl (C=O) groups is 1. The molecular formula is C94H101NO18. The maximum absolute atomic E-state index is 13.9. The zero-order chi connectivity index (χ0) is 76.9. The van der Waals surface area contributed by atoms with Gasteiger partial charge in [-0.1, -0.05) is 303 Å². The Morgan fingerprint density at radius 3 is 1.13 bits per heavy atom. The number of rotatable bonds is 39. The molecule has 4 fully saturated rings. The summed E-state index contributed by atoms with van der Waals surface area (Å²) in [5.74, 6) is 0. The highest BCUT2D eigenvalue weighted by molar-refractivity contribution is 5.67. The van der Waals surface area contributed by atoms with Crippen molar-refractivity contribution in [2.45, 2.75) is 177 Å². The average molecular weight is 1530 g/mol. The number of carbonyl (C=O) groups excluding carboxylic acids is 1. The van der Waals surface area contributed by atoms with Gasteiger partial charge in [0.05, 0.1) is 66.1 Å². The molecule has 0 radical (unpaired) electrons. The van der Waals surface area contributed by atoms with Gasteiger partial charge in [-0.05, 0) is 69.3 Å². The van der Waals surface area contributed by atoms with Crippen molar-refractivity contribution in [3.8, 4) is 0 Å². The summed E-state index contributed by atoms with van der Waals surface area (Å²) in [7, 11) is 0. The van der Waals surface area contributed by atoms with Crippen LogP contribution in [0.4, 0.5) is 4.79 Å². The van der Waals surface area contributed by atoms with Crippen molar-refractivity contribution >= 4 is 6.09 Å². The first-order chi connectivity index (χ1) is 55.9. The quantitative estimate of drug-likeness (QED) is 0.0358. The van der Waals surface area contributed by atoms with Crippen molar-refractivity contribution in [2.75, 3.05) is 33.0 Å². The summed E-state index contributed by atoms with van der Waals surface area (Å²) in [4.78, 5) is 15.6. The Hall–Kier alpha value is -9.17. The van der Waals surface area contributed by atoms with Gasteiger partial charge in [-0.25, -0.2) is 4.79 Å². The van der Waals surface area contributed by atoms with E-state index < -0.39 is 98.4 Å². The number of ether oxygens (including phenoxy) is 16. The van der Waals surface area contributed by atoms with Crippen LogP contribution in [0.2, 0.25) is 0 Å². The number of nitrogens with zero attached hydrogens (tertiary/aromatic N) is 1. The minimum Gasteiger partial charge on any atom is -0.445 e. The second-order valence-corrected chi connectivity index (χ2v) is 28.7. The fraction of sp³-hybridized carbons (Fsp3) is 0.351. The third kappa shape index (κ3) is 23.5. The molecule has 4 aliphatic rings. The lowest BCUT2D eigenvalue weighted by molar-refractivity contribution is -0.403. The molecule has 14 rings (SSSR count). The fourth-order valence-electron chi connectivity index (χ4n) is 14.5. The van der Waals surface area contributed by atoms with E-state index in [1.807, 2.05) is 303 Å². The molecular weight excluding hydrogens is 1430 g/mol. The van der Waals surface area contributed by atoms with Gasteiger partial charge in [-0.2, -0.15) is 0 Å². The molecule has 113 heavy (non-hydrogen) atoms. The lowest BCUT2D eigenvalue weighted by Crippen LogP contribution is -2.68. The molecule has 4 heterocycles. The molecule has 0 aliphatic carbocycles. The summed E-state index contributed by atoms with van der Waals surface area (Å²) in [5, 5.41) is 12.9. The van der Waals surface area contributed by atoms with Gasteiger partial charge in [0.25, 0.3) is 0 Å². The Labute approximate surface area is 662 Å². The lowest BCUT2D eigenvalue weighted by atomic mass is 9.94. The minimum atomic E-state index is -1.33. The number of fused-ring (bicyclic) bond motifs is 1. The number of unbranched alkanes of at least 4 members (excludes halogenated alkanes) is 2. The molecule has 590 valence electrons. The second-order valence-electron chi connectivity index (χ2n) is 28.7. The molecule has 4 saturated heterocycles. The van der Waals surface area contributed by atoms with Gasteiger partial charge >= 0.3 is 6.09 Å². The first-order valence-corrected chi connectivity index (χ1v) is 39.3. The summed E-state index contributed by atoms with van der Waals surface area (Å²) in [6.07, 6.45) is -15.4. The van der Waals surface area contributed by atoms with E-state index in [2.05, 4.69) is 0 Å². The summed E-state index contributed by atoms with van der Waals surface area (Å²) < 4.78 is 113. The number of amides is 1. The van der Waals surface area contributed by atoms with Crippen LogP contribution in [-0.2, 0) is 135 Å². The van der Waals surface area contributed by atoms with Gasteiger partial charge in [0, 0.05) is 25.3 Å². The maximum atomic E-state index is 13.9. The summed E-state index contributed by atoms with van der Waals surface area (Å²) >= 11 is 0. The Kier molecular flexibility index (Phi) is 30.5. The van der Waals surface area contributed by atoms with E-state index >= 15 is 0 Å². The predicted molar refractivity (Wildman–Crippen MR) is 422 cm³/mol. The molecule has 0 bridgehead atoms. The van der Waals surface area contributed by atoms with E-state index in [-0.39, 0.29) is 85.4 Å². The minimum absolute atomic E-state index is 0.00735. The Morgan fingerprint density at radius 2 is 0.699 bits per heavy atom. The number of aliphatic hydroxyl groups is 1. The molecule has 0 saturated carbocycles. The van der Waals surface area contributed by atoms with Gasteiger partial charge < -0.3 is 85.8 Å². The highest BCUT2D eigenvalue weighted by Gasteiger charge is 2.58. The van der Waals surface area contributed by atoms with Crippen molar-refractivity contribution in [1.29, 1.82) is 0 Å². The topological polar surface area (TPSA) is 188 Å². The molecule has 0 aromatic heterocycles. The zero-order valence-corrected chi connectivity index (χ0v) is 63.5. The van der Waals surface area contributed by atoms with Crippen molar-refractivity contribution in [1.82, 2.24) is 4.90 Å². The van der Waals surface area contributed by atoms with E-state index in [1.54, 1.807) is 4.90 Å². The van der Waals surface area contributed by atoms with Crippen LogP contribution in [0.5, 0.6) is 0 Å². The third-order valence-electron chi connectivity index (χ3n) is 20.4. The van der Waals surface area contributed by atoms with Crippen molar-refractivity contribution < 1.29 is 85.7 Å². The van der Waals surface area contributed by atoms with Crippen LogP contribution in [0.1, 0.15) is 81.2 Å². The molecule has 1 N–H and O–H groups in total. The summed E-state index contributed by atoms with van der Waals surface area (Å²) in [5.41, 5.74) is 8.98. The van der Waals surface area contributed by atoms with Crippen LogP contribution < -0.4 is 0 Å². The van der Waals surface area contributed by atoms with Crippen LogP contribution in [-0.4, -0.2) is 141 Å². The largest absolute Gasteiger partial charge is 0.445 e. The Balaban J connectivity index is 0.815. The highest BCUT2D eigenvalue weighted by atomic mass is 16.8. The summed E-state index contributed by atoms with van der Waals surface area (Å²) in [6, 6.07) is 98.5. The fourth-order valence-corrected chi connectivity index (χ4v) is 14.5. The zero-order valence-electron chi connectivity index (χ0n) is 63.5. The summed E-state index contributed by atoms with van der Waals surface area (Å²) in [6.45, 7) is 2.22. The van der Waals surface area contributed by atoms with Gasteiger partial charge in [-0.3, -0.25) is 0 Å². The second kappa shape index (κ2) is 42.8. The standard InChI is InChI=1S/C94H101NO18/c96-81-82-80(67-106-90(111-82)77-52-30-10-31-53-77)110-92(85(81)101-59-71-40-18-4-19-41-71)112-84-79(66-99-58-70-38-16-3-17-39-70)109-93(89(105-63-75-48-26-8-27-49-75)87(84)103-61-73-44-22-6-23-45-73)113-83-78(65-98-57-69-36-14-2-15-37-69)108-91(88(104-62-74-46-24-7-25-47-74)86(83)102-60-72-42-20-5-21-43-72)100-55-33-11-32-54-95(56-68-34-12-1-13-35-68)94(97)107-64-76-50-28-9-29-51-76/h1-10,12-31,34-53,78-93,96H,11,32-33,54-67H2/t78?,79?,80?,81?,82-,83+,84-,85?,86?,87?,88?,89?,90?,91+,92+,93-/m0/s1. The normalized spacial score (nSPS) is 24.9. The number of hydrogen-bond donors (Lipinski definition) is 1. The van der Waals surface area contributed by atoms with Crippen molar-refractivity contribution in [3.05, 3.63) is 359 Å². The molecule has 10 unspecified atom stereocenters. The smallest absolute Gasteiger partial charge is 0.410 e. The number of hydrogen-bond acceptors (Lipinski definition) is 18. The van der Waals surface area contributed by atoms with Crippen molar-refractivity contribution in [3.63, 3.8) is 0 Å². The van der Waals surface area contributed by atoms with Crippen LogP contribution >= 0.6 is 0 Å². The molecule has 10 aromatic carbocycles. The highest BCUT2D eigenvalue weighted by Crippen LogP contribution is 2.41. The van der Waals surface area contributed by atoms with Crippen LogP contribution in [0, 0.1) is 0 Å². The van der Waals surface area contributed by atoms with Crippen molar-refractivity contribution in [2.24, 2.45) is 0 Å². The molecule has 10 aromatic rings. The molecule has 16 atom stereocenters. The molecule has 19 nitrogen and oxygen atoms in total. The van der Waals surface area contributed by atoms with E-state index in [0.29, 0.717) is 32.4 Å². The average Bonchev–Trinajstić information content (AvgIpc) is 0.765. The predicted octanol–water partition coefficient (Wildman–Crippen LogP) is 15.8. The van der Waals surface area contributed by atoms with Gasteiger partial charge in [0.15, 0.2) is 25.2 Å². The third-order valence-corrected chi connectivity index (χ3v) is 20.4. The number of aliphatic hydroxyl groups excluding tert-OH is 1. The van der Waals surface area contributed by atoms with Gasteiger partial charge in [-0.15, -0.1) is 0 Å². The van der Waals surface area contributed by atoms with E-state index in [9.17, 15) is 9.90 Å². The maximum Gasteiger partial charge on any atom is 0.410 e. The molecule has 4 aliphatic heterocycles. The monoisotopic (exact) mass is 1530 g/mol. The molecule has 0 spiro atoms. The van der Waals surface area contributed by atoms with Crippen LogP contribution in [0.15, 0.2) is 303 Å². The van der Waals surface area contributed by atoms with Crippen LogP contribution in [0.25, 0.3) is 0 Å². The Morgan fingerprint density at radius 1 is 0.345 bits per heavy atom. The Bertz CT molecular complexity index is 4290. The van der Waals surface area contributed by atoms with E-state index in [4.69, 9.17) is 75.8 Å². The molecule has 19 heteroatoms. The van der Waals surface area contributed by atoms with E-state index in [0.717, 1.165) is 55.6 Å². The SMILES string of the molecule is O=C(OCc1ccccc1)N(CCCCCO[C@@H]1OC(COCc2ccccc2)[C@@H](O[C@@H]2OC(COCc3ccccc3)[C@H](O[C@H]3OC4COC(c5ccccc5)O[C@@H]4C(O)C3OCc3ccccc3)C(OCc3ccccc3)C2OCc2ccccc2)C(OCc2ccccc2)C1OCc1ccccc1)Cc1ccccc1. The van der Waals surface area contributed by atoms with Gasteiger partial charge in [0.2, 0.25) is 0 Å². The first kappa shape index (κ1) is 80.4. The van der Waals surface area contributed by atoms with E-state index in [1.165, 1.54) is 0 Å². The lowest BCUT2D eigenvalue weighted by Gasteiger charge is -2.52. The molecule has 1 amide bonds. The first-order valence-electron chi connectivity index (χ1n) is 39.3. The van der Waals surface area contributed by atoms with Crippen LogP contribution in [0.3, 0.4) is 0 Å². The van der Waals surface area contributed by atoms with Gasteiger partial charge in [0.1, 0.15) is 79.9 Å².